The van der Waals surface area contributed by atoms with Crippen LogP contribution in [0.3, 0.4) is 0 Å². The summed E-state index contributed by atoms with van der Waals surface area (Å²) in [5.41, 5.74) is 6.34. The standard InChI is InChI=1S/C23H34N6O9/c1-12(30)19(24)22(36)28-15(8-14-6-4-3-5-7-14)21(35)27-10-17(33)25-9-16(32)26-11-18(34)29-20(13(2)31)23(37)38/h3-7,12-13,15,19-20,30-31H,8-11,24H2,1-2H3,(H,25,33)(H,26,32)(H,27,35)(H,28,36)(H,29,34)(H,37,38)/t12-,13-,15+,19+,20+/m1/s1. The van der Waals surface area contributed by atoms with Crippen molar-refractivity contribution in [1.29, 1.82) is 0 Å². The molecule has 0 aliphatic carbocycles. The first-order valence-electron chi connectivity index (χ1n) is 11.6. The van der Waals surface area contributed by atoms with Gasteiger partial charge in [-0.1, -0.05) is 30.3 Å². The van der Waals surface area contributed by atoms with Crippen molar-refractivity contribution in [2.75, 3.05) is 19.6 Å². The van der Waals surface area contributed by atoms with Crippen LogP contribution in [-0.2, 0) is 35.2 Å². The minimum Gasteiger partial charge on any atom is -0.480 e. The molecule has 10 N–H and O–H groups in total. The summed E-state index contributed by atoms with van der Waals surface area (Å²) in [6.07, 6.45) is -2.44. The third-order valence-electron chi connectivity index (χ3n) is 5.12. The van der Waals surface area contributed by atoms with Gasteiger partial charge in [-0.25, -0.2) is 4.79 Å². The molecule has 0 aliphatic heterocycles. The molecule has 1 aromatic carbocycles. The fourth-order valence-electron chi connectivity index (χ4n) is 2.93. The van der Waals surface area contributed by atoms with Crippen molar-refractivity contribution in [1.82, 2.24) is 26.6 Å². The van der Waals surface area contributed by atoms with E-state index in [1.807, 2.05) is 5.32 Å². The van der Waals surface area contributed by atoms with Gasteiger partial charge in [-0.3, -0.25) is 24.0 Å². The molecular weight excluding hydrogens is 504 g/mol. The fourth-order valence-corrected chi connectivity index (χ4v) is 2.93. The zero-order chi connectivity index (χ0) is 28.8. The Balaban J connectivity index is 2.55. The molecule has 1 aromatic rings. The molecule has 0 saturated heterocycles. The third kappa shape index (κ3) is 11.8. The first kappa shape index (κ1) is 31.9. The lowest BCUT2D eigenvalue weighted by atomic mass is 10.0. The average Bonchev–Trinajstić information content (AvgIpc) is 2.86. The smallest absolute Gasteiger partial charge is 0.328 e. The first-order chi connectivity index (χ1) is 17.8. The number of carboxylic acid groups (broad SMARTS) is 1. The maximum Gasteiger partial charge on any atom is 0.328 e. The molecule has 210 valence electrons. The van der Waals surface area contributed by atoms with E-state index in [-0.39, 0.29) is 6.42 Å². The summed E-state index contributed by atoms with van der Waals surface area (Å²) in [5, 5.41) is 39.0. The number of benzene rings is 1. The molecule has 0 spiro atoms. The Morgan fingerprint density at radius 3 is 1.79 bits per heavy atom. The lowest BCUT2D eigenvalue weighted by molar-refractivity contribution is -0.144. The van der Waals surface area contributed by atoms with Gasteiger partial charge in [0.2, 0.25) is 29.5 Å². The first-order valence-corrected chi connectivity index (χ1v) is 11.6. The van der Waals surface area contributed by atoms with Gasteiger partial charge in [-0.15, -0.1) is 0 Å². The molecule has 5 atom stereocenters. The van der Waals surface area contributed by atoms with Gasteiger partial charge in [0.25, 0.3) is 0 Å². The Morgan fingerprint density at radius 1 is 0.763 bits per heavy atom. The molecule has 0 aliphatic rings. The number of aliphatic hydroxyl groups is 2. The number of amides is 5. The van der Waals surface area contributed by atoms with Gasteiger partial charge in [0.05, 0.1) is 31.8 Å². The van der Waals surface area contributed by atoms with Crippen molar-refractivity contribution >= 4 is 35.5 Å². The second kappa shape index (κ2) is 15.9. The number of nitrogens with one attached hydrogen (secondary N) is 5. The number of carbonyl (C=O) groups is 6. The van der Waals surface area contributed by atoms with Gasteiger partial charge in [0.1, 0.15) is 12.1 Å². The number of hydrogen-bond donors (Lipinski definition) is 9. The highest BCUT2D eigenvalue weighted by molar-refractivity contribution is 5.93. The van der Waals surface area contributed by atoms with Crippen molar-refractivity contribution in [2.24, 2.45) is 5.73 Å². The van der Waals surface area contributed by atoms with Gasteiger partial charge in [-0.2, -0.15) is 0 Å². The summed E-state index contributed by atoms with van der Waals surface area (Å²) in [6, 6.07) is 4.79. The van der Waals surface area contributed by atoms with E-state index in [4.69, 9.17) is 10.8 Å². The van der Waals surface area contributed by atoms with E-state index < -0.39 is 85.5 Å². The molecule has 0 unspecified atom stereocenters. The predicted octanol–water partition coefficient (Wildman–Crippen LogP) is -4.28. The molecule has 15 heteroatoms. The molecule has 15 nitrogen and oxygen atoms in total. The van der Waals surface area contributed by atoms with Crippen LogP contribution in [0.1, 0.15) is 19.4 Å². The van der Waals surface area contributed by atoms with Crippen LogP contribution in [0.15, 0.2) is 30.3 Å². The second-order valence-corrected chi connectivity index (χ2v) is 8.41. The Labute approximate surface area is 218 Å². The summed E-state index contributed by atoms with van der Waals surface area (Å²) >= 11 is 0. The summed E-state index contributed by atoms with van der Waals surface area (Å²) in [5.74, 6) is -5.31. The number of aliphatic hydroxyl groups excluding tert-OH is 2. The molecule has 0 radical (unpaired) electrons. The molecule has 0 saturated carbocycles. The van der Waals surface area contributed by atoms with Crippen LogP contribution in [0.5, 0.6) is 0 Å². The van der Waals surface area contributed by atoms with Crippen molar-refractivity contribution in [3.63, 3.8) is 0 Å². The zero-order valence-electron chi connectivity index (χ0n) is 21.0. The number of aliphatic carboxylic acids is 1. The summed E-state index contributed by atoms with van der Waals surface area (Å²) in [4.78, 5) is 71.6. The highest BCUT2D eigenvalue weighted by Crippen LogP contribution is 2.04. The van der Waals surface area contributed by atoms with Crippen LogP contribution in [0.4, 0.5) is 0 Å². The zero-order valence-corrected chi connectivity index (χ0v) is 21.0. The lowest BCUT2D eigenvalue weighted by Crippen LogP contribution is -2.56. The molecule has 0 heterocycles. The Hall–Kier alpha value is -4.08. The molecule has 0 fully saturated rings. The quantitative estimate of drug-likeness (QED) is 0.104. The van der Waals surface area contributed by atoms with E-state index in [1.54, 1.807) is 30.3 Å². The Bertz CT molecular complexity index is 987. The van der Waals surface area contributed by atoms with Crippen LogP contribution in [-0.4, -0.2) is 101 Å². The van der Waals surface area contributed by atoms with Gasteiger partial charge < -0.3 is 47.6 Å². The second-order valence-electron chi connectivity index (χ2n) is 8.41. The number of carboxylic acids is 1. The van der Waals surface area contributed by atoms with Crippen molar-refractivity contribution in [2.45, 2.75) is 50.6 Å². The Kier molecular flexibility index (Phi) is 13.4. The van der Waals surface area contributed by atoms with E-state index in [9.17, 15) is 39.0 Å². The van der Waals surface area contributed by atoms with Crippen LogP contribution in [0.25, 0.3) is 0 Å². The van der Waals surface area contributed by atoms with E-state index in [0.29, 0.717) is 5.56 Å². The average molecular weight is 539 g/mol. The topological polar surface area (TPSA) is 249 Å². The Morgan fingerprint density at radius 2 is 1.29 bits per heavy atom. The van der Waals surface area contributed by atoms with Crippen LogP contribution in [0.2, 0.25) is 0 Å². The highest BCUT2D eigenvalue weighted by atomic mass is 16.4. The molecule has 1 rings (SSSR count). The van der Waals surface area contributed by atoms with Gasteiger partial charge in [0.15, 0.2) is 6.04 Å². The minimum absolute atomic E-state index is 0.0782. The molecule has 0 bridgehead atoms. The normalized spacial score (nSPS) is 14.6. The maximum atomic E-state index is 12.7. The van der Waals surface area contributed by atoms with Crippen LogP contribution < -0.4 is 32.3 Å². The number of carbonyl (C=O) groups excluding carboxylic acids is 5. The number of nitrogens with two attached hydrogens (primary N) is 1. The van der Waals surface area contributed by atoms with Crippen LogP contribution >= 0.6 is 0 Å². The van der Waals surface area contributed by atoms with Crippen molar-refractivity contribution in [3.05, 3.63) is 35.9 Å². The van der Waals surface area contributed by atoms with Gasteiger partial charge >= 0.3 is 5.97 Å². The van der Waals surface area contributed by atoms with Gasteiger partial charge in [0, 0.05) is 6.42 Å². The van der Waals surface area contributed by atoms with Gasteiger partial charge in [-0.05, 0) is 19.4 Å². The molecule has 0 aromatic heterocycles. The van der Waals surface area contributed by atoms with Crippen LogP contribution in [0, 0.1) is 0 Å². The van der Waals surface area contributed by atoms with E-state index in [0.717, 1.165) is 0 Å². The molecular formula is C23H34N6O9. The maximum absolute atomic E-state index is 12.7. The lowest BCUT2D eigenvalue weighted by Gasteiger charge is -2.22. The SMILES string of the molecule is C[C@@H](O)[C@H](N)C(=O)N[C@@H](Cc1ccccc1)C(=O)NCC(=O)NCC(=O)NCC(=O)N[C@H](C(=O)O)[C@@H](C)O. The van der Waals surface area contributed by atoms with Crippen molar-refractivity contribution in [3.8, 4) is 0 Å². The number of hydrogen-bond acceptors (Lipinski definition) is 9. The molecule has 38 heavy (non-hydrogen) atoms. The van der Waals surface area contributed by atoms with E-state index >= 15 is 0 Å². The minimum atomic E-state index is -1.55. The monoisotopic (exact) mass is 538 g/mol. The predicted molar refractivity (Wildman–Crippen MR) is 132 cm³/mol. The molecule has 5 amide bonds. The number of rotatable bonds is 15. The van der Waals surface area contributed by atoms with Crippen molar-refractivity contribution < 1.29 is 44.1 Å². The summed E-state index contributed by atoms with van der Waals surface area (Å²) < 4.78 is 0. The van der Waals surface area contributed by atoms with E-state index in [2.05, 4.69) is 21.3 Å². The fraction of sp³-hybridized carbons (Fsp3) is 0.478. The van der Waals surface area contributed by atoms with E-state index in [1.165, 1.54) is 13.8 Å². The third-order valence-corrected chi connectivity index (χ3v) is 5.12. The summed E-state index contributed by atoms with van der Waals surface area (Å²) in [6.45, 7) is 0.816. The largest absolute Gasteiger partial charge is 0.480 e. The highest BCUT2D eigenvalue weighted by Gasteiger charge is 2.27. The summed E-state index contributed by atoms with van der Waals surface area (Å²) in [7, 11) is 0.